The first kappa shape index (κ1) is 16.8. The fourth-order valence-corrected chi connectivity index (χ4v) is 4.15. The Hall–Kier alpha value is -2.70. The maximum atomic E-state index is 6.02. The predicted octanol–water partition coefficient (Wildman–Crippen LogP) is 5.30. The average molecular weight is 380 g/mol. The number of fused-ring (bicyclic) bond motifs is 1. The summed E-state index contributed by atoms with van der Waals surface area (Å²) >= 11 is 3.25. The molecule has 4 rings (SSSR count). The molecule has 0 fully saturated rings. The third-order valence-corrected chi connectivity index (χ3v) is 5.57. The van der Waals surface area contributed by atoms with E-state index in [1.807, 2.05) is 46.6 Å². The highest BCUT2D eigenvalue weighted by Crippen LogP contribution is 2.28. The van der Waals surface area contributed by atoms with Crippen molar-refractivity contribution in [2.75, 3.05) is 6.54 Å². The van der Waals surface area contributed by atoms with Gasteiger partial charge in [0.2, 0.25) is 4.80 Å². The molecule has 0 saturated carbocycles. The minimum atomic E-state index is 0.549. The Kier molecular flexibility index (Phi) is 4.69. The van der Waals surface area contributed by atoms with Crippen LogP contribution in [0.2, 0.25) is 0 Å². The van der Waals surface area contributed by atoms with Crippen molar-refractivity contribution in [2.24, 2.45) is 10.1 Å². The van der Waals surface area contributed by atoms with Gasteiger partial charge in [0, 0.05) is 20.5 Å². The molecular weight excluding hydrogens is 362 g/mol. The second kappa shape index (κ2) is 7.27. The fraction of sp³-hybridized carbons (Fsp3) is 0.100. The van der Waals surface area contributed by atoms with Crippen molar-refractivity contribution in [1.82, 2.24) is 4.68 Å². The molecule has 0 atom stereocenters. The second-order valence-electron chi connectivity index (χ2n) is 5.69. The molecule has 0 saturated heterocycles. The van der Waals surface area contributed by atoms with E-state index >= 15 is 0 Å². The largest absolute Gasteiger partial charge is 0.454 e. The summed E-state index contributed by atoms with van der Waals surface area (Å²) in [5, 5.41) is 7.77. The molecule has 0 bridgehead atoms. The topological polar surface area (TPSA) is 42.8 Å². The Morgan fingerprint density at radius 1 is 1.23 bits per heavy atom. The monoisotopic (exact) mass is 379 g/mol. The minimum absolute atomic E-state index is 0.549. The van der Waals surface area contributed by atoms with E-state index in [9.17, 15) is 0 Å². The predicted molar refractivity (Wildman–Crippen MR) is 110 cm³/mol. The van der Waals surface area contributed by atoms with Gasteiger partial charge < -0.3 is 4.42 Å². The van der Waals surface area contributed by atoms with Gasteiger partial charge in [-0.2, -0.15) is 5.10 Å². The van der Waals surface area contributed by atoms with Crippen LogP contribution in [0.3, 0.4) is 0 Å². The van der Waals surface area contributed by atoms with Crippen LogP contribution < -0.4 is 4.80 Å². The van der Waals surface area contributed by atoms with Crippen LogP contribution in [0.15, 0.2) is 75.0 Å². The van der Waals surface area contributed by atoms with Crippen molar-refractivity contribution < 1.29 is 4.42 Å². The highest BCUT2D eigenvalue weighted by atomic mass is 32.1. The van der Waals surface area contributed by atoms with Gasteiger partial charge in [0.15, 0.2) is 5.76 Å². The molecule has 6 heteroatoms. The zero-order valence-corrected chi connectivity index (χ0v) is 15.9. The van der Waals surface area contributed by atoms with Crippen LogP contribution in [-0.2, 0) is 0 Å². The molecule has 0 spiro atoms. The summed E-state index contributed by atoms with van der Waals surface area (Å²) in [6.45, 7) is 6.38. The Morgan fingerprint density at radius 2 is 2.12 bits per heavy atom. The Labute approximate surface area is 159 Å². The first-order valence-electron chi connectivity index (χ1n) is 8.16. The standard InChI is InChI=1S/C20H17N3OS2/c1-3-10-21-20-23(22-12-16-9-8-14(2)26-16)17(13-25-20)19-11-15-6-4-5-7-18(15)24-19/h3-9,11-13H,1,10H2,2H3. The first-order valence-corrected chi connectivity index (χ1v) is 9.86. The van der Waals surface area contributed by atoms with Gasteiger partial charge in [0.25, 0.3) is 0 Å². The number of nitrogens with zero attached hydrogens (tertiary/aromatic N) is 3. The molecule has 0 aliphatic heterocycles. The average Bonchev–Trinajstić information content (AvgIpc) is 3.35. The van der Waals surface area contributed by atoms with Gasteiger partial charge in [-0.25, -0.2) is 4.68 Å². The molecule has 4 nitrogen and oxygen atoms in total. The third-order valence-electron chi connectivity index (χ3n) is 3.78. The first-order chi connectivity index (χ1) is 12.7. The molecule has 1 aromatic carbocycles. The van der Waals surface area contributed by atoms with Crippen LogP contribution in [0.5, 0.6) is 0 Å². The number of benzene rings is 1. The molecule has 0 aliphatic rings. The van der Waals surface area contributed by atoms with E-state index in [-0.39, 0.29) is 0 Å². The van der Waals surface area contributed by atoms with Crippen LogP contribution >= 0.6 is 22.7 Å². The molecular formula is C20H17N3OS2. The molecule has 3 heterocycles. The van der Waals surface area contributed by atoms with Gasteiger partial charge >= 0.3 is 0 Å². The quantitative estimate of drug-likeness (QED) is 0.343. The minimum Gasteiger partial charge on any atom is -0.454 e. The molecule has 0 unspecified atom stereocenters. The van der Waals surface area contributed by atoms with Crippen LogP contribution in [-0.4, -0.2) is 17.4 Å². The van der Waals surface area contributed by atoms with Crippen LogP contribution in [0.25, 0.3) is 22.4 Å². The maximum Gasteiger partial charge on any atom is 0.206 e. The number of thiazole rings is 1. The van der Waals surface area contributed by atoms with Gasteiger partial charge in [-0.1, -0.05) is 24.3 Å². The Bertz CT molecular complexity index is 1120. The van der Waals surface area contributed by atoms with Gasteiger partial charge in [-0.05, 0) is 31.2 Å². The summed E-state index contributed by atoms with van der Waals surface area (Å²) in [6.07, 6.45) is 3.64. The molecule has 130 valence electrons. The van der Waals surface area contributed by atoms with Crippen LogP contribution in [0, 0.1) is 6.92 Å². The van der Waals surface area contributed by atoms with Gasteiger partial charge in [0.1, 0.15) is 11.3 Å². The number of hydrogen-bond acceptors (Lipinski definition) is 5. The van der Waals surface area contributed by atoms with Gasteiger partial charge in [-0.15, -0.1) is 29.3 Å². The molecule has 0 N–H and O–H groups in total. The zero-order chi connectivity index (χ0) is 17.9. The third kappa shape index (κ3) is 3.34. The van der Waals surface area contributed by atoms with Crippen LogP contribution in [0.1, 0.15) is 9.75 Å². The van der Waals surface area contributed by atoms with Crippen molar-refractivity contribution in [3.63, 3.8) is 0 Å². The molecule has 3 aromatic heterocycles. The highest BCUT2D eigenvalue weighted by Gasteiger charge is 2.12. The number of thiophene rings is 1. The Balaban J connectivity index is 1.82. The van der Waals surface area contributed by atoms with E-state index in [4.69, 9.17) is 4.42 Å². The lowest BCUT2D eigenvalue weighted by molar-refractivity contribution is 0.621. The Morgan fingerprint density at radius 3 is 2.88 bits per heavy atom. The zero-order valence-electron chi connectivity index (χ0n) is 14.3. The second-order valence-corrected chi connectivity index (χ2v) is 7.84. The van der Waals surface area contributed by atoms with E-state index < -0.39 is 0 Å². The van der Waals surface area contributed by atoms with Crippen molar-refractivity contribution in [3.8, 4) is 11.5 Å². The van der Waals surface area contributed by atoms with Gasteiger partial charge in [0.05, 0.1) is 12.8 Å². The molecule has 26 heavy (non-hydrogen) atoms. The molecule has 0 amide bonds. The lowest BCUT2D eigenvalue weighted by Gasteiger charge is -1.99. The number of aromatic nitrogens is 1. The number of furan rings is 1. The number of para-hydroxylation sites is 1. The number of rotatable bonds is 5. The SMILES string of the molecule is C=CCN=c1scc(-c2cc3ccccc3o2)n1N=Cc1ccc(C)s1. The molecule has 4 aromatic rings. The van der Waals surface area contributed by atoms with E-state index in [1.54, 1.807) is 17.4 Å². The van der Waals surface area contributed by atoms with Crippen molar-refractivity contribution in [3.05, 3.63) is 75.1 Å². The lowest BCUT2D eigenvalue weighted by atomic mass is 10.2. The number of aryl methyl sites for hydroxylation is 1. The normalized spacial score (nSPS) is 12.4. The molecule has 0 aliphatic carbocycles. The van der Waals surface area contributed by atoms with Crippen molar-refractivity contribution in [1.29, 1.82) is 0 Å². The van der Waals surface area contributed by atoms with Gasteiger partial charge in [-0.3, -0.25) is 4.99 Å². The van der Waals surface area contributed by atoms with E-state index in [0.29, 0.717) is 6.54 Å². The summed E-state index contributed by atoms with van der Waals surface area (Å²) in [6, 6.07) is 14.2. The maximum absolute atomic E-state index is 6.02. The summed E-state index contributed by atoms with van der Waals surface area (Å²) in [5.74, 6) is 0.780. The van der Waals surface area contributed by atoms with E-state index in [1.165, 1.54) is 16.2 Å². The van der Waals surface area contributed by atoms with Crippen LogP contribution in [0.4, 0.5) is 0 Å². The summed E-state index contributed by atoms with van der Waals surface area (Å²) in [4.78, 5) is 7.73. The summed E-state index contributed by atoms with van der Waals surface area (Å²) < 4.78 is 7.86. The molecule has 0 radical (unpaired) electrons. The van der Waals surface area contributed by atoms with Crippen molar-refractivity contribution >= 4 is 39.9 Å². The van der Waals surface area contributed by atoms with E-state index in [0.717, 1.165) is 32.1 Å². The highest BCUT2D eigenvalue weighted by molar-refractivity contribution is 7.13. The summed E-state index contributed by atoms with van der Waals surface area (Å²) in [5.41, 5.74) is 1.75. The lowest BCUT2D eigenvalue weighted by Crippen LogP contribution is -2.12. The summed E-state index contributed by atoms with van der Waals surface area (Å²) in [7, 11) is 0. The fourth-order valence-electron chi connectivity index (χ4n) is 2.58. The number of hydrogen-bond donors (Lipinski definition) is 0. The van der Waals surface area contributed by atoms with E-state index in [2.05, 4.69) is 35.7 Å². The van der Waals surface area contributed by atoms with Crippen molar-refractivity contribution in [2.45, 2.75) is 6.92 Å². The smallest absolute Gasteiger partial charge is 0.206 e.